The predicted molar refractivity (Wildman–Crippen MR) is 147 cm³/mol. The van der Waals surface area contributed by atoms with Crippen molar-refractivity contribution in [2.24, 2.45) is 0 Å². The highest BCUT2D eigenvalue weighted by molar-refractivity contribution is 5.78. The van der Waals surface area contributed by atoms with E-state index in [-0.39, 0.29) is 17.7 Å². The molecule has 0 amide bonds. The quantitative estimate of drug-likeness (QED) is 0.380. The van der Waals surface area contributed by atoms with Gasteiger partial charge in [0.05, 0.1) is 31.0 Å². The van der Waals surface area contributed by atoms with Gasteiger partial charge in [-0.2, -0.15) is 0 Å². The van der Waals surface area contributed by atoms with Gasteiger partial charge in [0.15, 0.2) is 11.5 Å². The second-order valence-electron chi connectivity index (χ2n) is 10.8. The van der Waals surface area contributed by atoms with Gasteiger partial charge in [0.2, 0.25) is 5.95 Å². The fraction of sp³-hybridized carbons (Fsp3) is 0.464. The molecule has 6 heterocycles. The Bertz CT molecular complexity index is 1470. The molecule has 0 aliphatic carbocycles. The van der Waals surface area contributed by atoms with Crippen molar-refractivity contribution in [3.05, 3.63) is 54.0 Å². The summed E-state index contributed by atoms with van der Waals surface area (Å²) >= 11 is 0. The Labute approximate surface area is 227 Å². The molecule has 0 unspecified atom stereocenters. The number of pyridine rings is 2. The van der Waals surface area contributed by atoms with Gasteiger partial charge in [-0.1, -0.05) is 6.07 Å². The Morgan fingerprint density at radius 1 is 1.08 bits per heavy atom. The number of piperazine rings is 1. The summed E-state index contributed by atoms with van der Waals surface area (Å²) in [7, 11) is 0. The summed E-state index contributed by atoms with van der Waals surface area (Å²) in [5.74, 6) is 1.22. The molecule has 1 atom stereocenters. The average molecular weight is 532 g/mol. The molecule has 204 valence electrons. The van der Waals surface area contributed by atoms with E-state index in [9.17, 15) is 4.39 Å². The van der Waals surface area contributed by atoms with Crippen LogP contribution in [0.3, 0.4) is 0 Å². The number of ether oxygens (including phenoxy) is 1. The maximum atomic E-state index is 14.8. The molecule has 2 saturated heterocycles. The highest BCUT2D eigenvalue weighted by Crippen LogP contribution is 2.27. The van der Waals surface area contributed by atoms with E-state index < -0.39 is 5.82 Å². The van der Waals surface area contributed by atoms with Crippen molar-refractivity contribution in [2.45, 2.75) is 52.4 Å². The zero-order valence-electron chi connectivity index (χ0n) is 22.8. The molecule has 2 aliphatic rings. The van der Waals surface area contributed by atoms with E-state index >= 15 is 0 Å². The summed E-state index contributed by atoms with van der Waals surface area (Å²) in [6, 6.07) is 7.11. The first-order chi connectivity index (χ1) is 18.9. The lowest BCUT2D eigenvalue weighted by Gasteiger charge is -2.45. The summed E-state index contributed by atoms with van der Waals surface area (Å²) in [5.41, 5.74) is 3.36. The number of halogens is 1. The molecule has 1 N–H and O–H groups in total. The molecule has 0 bridgehead atoms. The number of fused-ring (bicyclic) bond motifs is 1. The van der Waals surface area contributed by atoms with Crippen LogP contribution in [0.5, 0.6) is 0 Å². The molecule has 39 heavy (non-hydrogen) atoms. The van der Waals surface area contributed by atoms with Gasteiger partial charge in [-0.05, 0) is 45.4 Å². The van der Waals surface area contributed by atoms with Crippen LogP contribution >= 0.6 is 0 Å². The van der Waals surface area contributed by atoms with Gasteiger partial charge in [-0.25, -0.2) is 29.3 Å². The van der Waals surface area contributed by atoms with Crippen LogP contribution in [-0.2, 0) is 11.3 Å². The van der Waals surface area contributed by atoms with Crippen molar-refractivity contribution in [3.8, 4) is 11.3 Å². The molecular formula is C28H34FN9O. The SMILES string of the molecule is Cc1nc2ncc(-c3nc(Nc4ccc(CN5CCN(C6COC6)C[C@H]5C)cn4)ncc3F)cc2n1C(C)C. The van der Waals surface area contributed by atoms with E-state index in [1.807, 2.05) is 25.3 Å². The maximum absolute atomic E-state index is 14.8. The number of rotatable bonds is 7. The first-order valence-electron chi connectivity index (χ1n) is 13.5. The maximum Gasteiger partial charge on any atom is 0.229 e. The van der Waals surface area contributed by atoms with Gasteiger partial charge in [0, 0.05) is 56.2 Å². The molecule has 10 nitrogen and oxygen atoms in total. The lowest BCUT2D eigenvalue weighted by atomic mass is 10.1. The van der Waals surface area contributed by atoms with Crippen molar-refractivity contribution < 1.29 is 9.13 Å². The lowest BCUT2D eigenvalue weighted by Crippen LogP contribution is -2.59. The van der Waals surface area contributed by atoms with Crippen LogP contribution in [0.2, 0.25) is 0 Å². The van der Waals surface area contributed by atoms with Gasteiger partial charge >= 0.3 is 0 Å². The zero-order valence-corrected chi connectivity index (χ0v) is 22.8. The number of anilines is 2. The van der Waals surface area contributed by atoms with Gasteiger partial charge in [-0.3, -0.25) is 9.80 Å². The Morgan fingerprint density at radius 2 is 1.92 bits per heavy atom. The molecule has 4 aromatic rings. The van der Waals surface area contributed by atoms with E-state index in [2.05, 4.69) is 71.4 Å². The Kier molecular flexibility index (Phi) is 6.96. The number of aryl methyl sites for hydroxylation is 1. The summed E-state index contributed by atoms with van der Waals surface area (Å²) in [4.78, 5) is 27.2. The number of imidazole rings is 1. The normalized spacial score (nSPS) is 19.1. The van der Waals surface area contributed by atoms with E-state index in [4.69, 9.17) is 4.74 Å². The third kappa shape index (κ3) is 5.21. The van der Waals surface area contributed by atoms with Crippen LogP contribution in [0.15, 0.2) is 36.8 Å². The molecule has 0 saturated carbocycles. The Morgan fingerprint density at radius 3 is 2.62 bits per heavy atom. The van der Waals surface area contributed by atoms with E-state index in [1.54, 1.807) is 6.20 Å². The second kappa shape index (κ2) is 10.6. The topological polar surface area (TPSA) is 97.1 Å². The third-order valence-corrected chi connectivity index (χ3v) is 7.64. The minimum atomic E-state index is -0.517. The molecular weight excluding hydrogens is 497 g/mol. The molecule has 0 radical (unpaired) electrons. The second-order valence-corrected chi connectivity index (χ2v) is 10.8. The lowest BCUT2D eigenvalue weighted by molar-refractivity contribution is -0.0855. The van der Waals surface area contributed by atoms with E-state index in [0.29, 0.717) is 29.1 Å². The number of hydrogen-bond acceptors (Lipinski definition) is 9. The third-order valence-electron chi connectivity index (χ3n) is 7.64. The fourth-order valence-corrected chi connectivity index (χ4v) is 5.47. The van der Waals surface area contributed by atoms with Crippen LogP contribution in [0.1, 0.15) is 38.2 Å². The molecule has 11 heteroatoms. The highest BCUT2D eigenvalue weighted by Gasteiger charge is 2.32. The van der Waals surface area contributed by atoms with Gasteiger partial charge in [0.1, 0.15) is 17.3 Å². The molecule has 2 fully saturated rings. The van der Waals surface area contributed by atoms with Crippen molar-refractivity contribution in [1.29, 1.82) is 0 Å². The van der Waals surface area contributed by atoms with E-state index in [1.165, 1.54) is 6.20 Å². The van der Waals surface area contributed by atoms with Crippen LogP contribution in [0.25, 0.3) is 22.4 Å². The number of nitrogens with one attached hydrogen (secondary N) is 1. The molecule has 0 aromatic carbocycles. The minimum absolute atomic E-state index is 0.175. The molecule has 6 rings (SSSR count). The number of aromatic nitrogens is 6. The van der Waals surface area contributed by atoms with Gasteiger partial charge in [-0.15, -0.1) is 0 Å². The first-order valence-corrected chi connectivity index (χ1v) is 13.5. The van der Waals surface area contributed by atoms with Crippen molar-refractivity contribution >= 4 is 22.9 Å². The zero-order chi connectivity index (χ0) is 27.1. The smallest absolute Gasteiger partial charge is 0.229 e. The molecule has 0 spiro atoms. The summed E-state index contributed by atoms with van der Waals surface area (Å²) < 4.78 is 22.3. The monoisotopic (exact) mass is 531 g/mol. The predicted octanol–water partition coefficient (Wildman–Crippen LogP) is 3.96. The largest absolute Gasteiger partial charge is 0.378 e. The average Bonchev–Trinajstić information content (AvgIpc) is 3.22. The van der Waals surface area contributed by atoms with Crippen LogP contribution in [0.4, 0.5) is 16.2 Å². The van der Waals surface area contributed by atoms with E-state index in [0.717, 1.165) is 56.3 Å². The Hall–Kier alpha value is -3.54. The van der Waals surface area contributed by atoms with Crippen molar-refractivity contribution in [1.82, 2.24) is 39.3 Å². The standard InChI is InChI=1S/C28H34FN9O/c1-17(2)38-19(4)33-27-24(38)9-21(11-31-27)26-23(29)12-32-28(35-26)34-25-6-5-20(10-30-25)14-36-7-8-37(13-18(36)3)22-15-39-16-22/h5-6,9-12,17-18,22H,7-8,13-16H2,1-4H3,(H,30,32,34,35)/t18-/m1/s1. The van der Waals surface area contributed by atoms with Crippen LogP contribution < -0.4 is 5.32 Å². The molecule has 2 aliphatic heterocycles. The minimum Gasteiger partial charge on any atom is -0.378 e. The van der Waals surface area contributed by atoms with Gasteiger partial charge < -0.3 is 14.6 Å². The number of nitrogens with zero attached hydrogens (tertiary/aromatic N) is 8. The Balaban J connectivity index is 1.15. The van der Waals surface area contributed by atoms with Crippen LogP contribution in [-0.4, -0.2) is 84.2 Å². The van der Waals surface area contributed by atoms with Crippen molar-refractivity contribution in [2.75, 3.05) is 38.2 Å². The number of hydrogen-bond donors (Lipinski definition) is 1. The fourth-order valence-electron chi connectivity index (χ4n) is 5.47. The van der Waals surface area contributed by atoms with Crippen molar-refractivity contribution in [3.63, 3.8) is 0 Å². The summed E-state index contributed by atoms with van der Waals surface area (Å²) in [5, 5.41) is 3.11. The van der Waals surface area contributed by atoms with Gasteiger partial charge in [0.25, 0.3) is 0 Å². The van der Waals surface area contributed by atoms with Crippen LogP contribution in [0, 0.1) is 12.7 Å². The summed E-state index contributed by atoms with van der Waals surface area (Å²) in [6.07, 6.45) is 4.65. The summed E-state index contributed by atoms with van der Waals surface area (Å²) in [6.45, 7) is 14.1. The highest BCUT2D eigenvalue weighted by atomic mass is 19.1. The molecule has 4 aromatic heterocycles. The first kappa shape index (κ1) is 25.7.